The monoisotopic (exact) mass is 308 g/mol. The molecule has 2 aromatic rings. The minimum Gasteiger partial charge on any atom is -0.348 e. The van der Waals surface area contributed by atoms with Gasteiger partial charge in [0, 0.05) is 12.5 Å². The van der Waals surface area contributed by atoms with Crippen LogP contribution in [0.3, 0.4) is 0 Å². The van der Waals surface area contributed by atoms with Crippen LogP contribution >= 0.6 is 0 Å². The Morgan fingerprint density at radius 1 is 1.09 bits per heavy atom. The molecule has 1 aliphatic rings. The summed E-state index contributed by atoms with van der Waals surface area (Å²) in [6.07, 6.45) is 0.958. The Bertz CT molecular complexity index is 639. The van der Waals surface area contributed by atoms with E-state index in [1.165, 1.54) is 5.56 Å². The molecule has 3 atom stereocenters. The fraction of sp³-hybridized carbons (Fsp3) is 0.350. The van der Waals surface area contributed by atoms with Crippen molar-refractivity contribution in [2.75, 3.05) is 20.6 Å². The first-order valence-corrected chi connectivity index (χ1v) is 8.20. The fourth-order valence-corrected chi connectivity index (χ4v) is 3.12. The maximum Gasteiger partial charge on any atom is 0.224 e. The van der Waals surface area contributed by atoms with Crippen LogP contribution in [0.2, 0.25) is 0 Å². The predicted molar refractivity (Wildman–Crippen MR) is 93.2 cm³/mol. The molecule has 0 radical (unpaired) electrons. The number of amides is 1. The standard InChI is InChI=1S/C20H24N2O/c1-22(2)14-19(16-11-7-4-8-12-16)21-20(23)18-13-17(18)15-9-5-3-6-10-15/h3-12,17-19H,13-14H2,1-2H3,(H,21,23). The topological polar surface area (TPSA) is 32.3 Å². The Labute approximate surface area is 138 Å². The third-order valence-corrected chi connectivity index (χ3v) is 4.42. The lowest BCUT2D eigenvalue weighted by molar-refractivity contribution is -0.123. The van der Waals surface area contributed by atoms with E-state index in [4.69, 9.17) is 0 Å². The highest BCUT2D eigenvalue weighted by atomic mass is 16.2. The molecule has 2 aromatic carbocycles. The summed E-state index contributed by atoms with van der Waals surface area (Å²) >= 11 is 0. The number of likely N-dealkylation sites (N-methyl/N-ethyl adjacent to an activating group) is 1. The van der Waals surface area contributed by atoms with Crippen molar-refractivity contribution in [3.05, 3.63) is 71.8 Å². The molecule has 0 aliphatic heterocycles. The van der Waals surface area contributed by atoms with Crippen molar-refractivity contribution < 1.29 is 4.79 Å². The average Bonchev–Trinajstić information content (AvgIpc) is 3.36. The van der Waals surface area contributed by atoms with Gasteiger partial charge in [0.25, 0.3) is 0 Å². The van der Waals surface area contributed by atoms with Crippen molar-refractivity contribution in [2.24, 2.45) is 5.92 Å². The Hall–Kier alpha value is -2.13. The molecule has 1 fully saturated rings. The lowest BCUT2D eigenvalue weighted by atomic mass is 10.1. The van der Waals surface area contributed by atoms with Gasteiger partial charge in [-0.15, -0.1) is 0 Å². The summed E-state index contributed by atoms with van der Waals surface area (Å²) in [5.74, 6) is 0.673. The number of hydrogen-bond acceptors (Lipinski definition) is 2. The van der Waals surface area contributed by atoms with Gasteiger partial charge >= 0.3 is 0 Å². The SMILES string of the molecule is CN(C)CC(NC(=O)C1CC1c1ccccc1)c1ccccc1. The lowest BCUT2D eigenvalue weighted by Gasteiger charge is -2.23. The highest BCUT2D eigenvalue weighted by Crippen LogP contribution is 2.47. The maximum atomic E-state index is 12.6. The number of rotatable bonds is 6. The van der Waals surface area contributed by atoms with Crippen LogP contribution in [0.5, 0.6) is 0 Å². The third-order valence-electron chi connectivity index (χ3n) is 4.42. The van der Waals surface area contributed by atoms with Gasteiger partial charge in [-0.3, -0.25) is 4.79 Å². The smallest absolute Gasteiger partial charge is 0.224 e. The summed E-state index contributed by atoms with van der Waals surface area (Å²) in [5.41, 5.74) is 2.43. The van der Waals surface area contributed by atoms with Crippen LogP contribution < -0.4 is 5.32 Å². The molecule has 0 bridgehead atoms. The van der Waals surface area contributed by atoms with Crippen molar-refractivity contribution in [3.63, 3.8) is 0 Å². The number of nitrogens with one attached hydrogen (secondary N) is 1. The number of carbonyl (C=O) groups is 1. The summed E-state index contributed by atoms with van der Waals surface area (Å²) < 4.78 is 0. The highest BCUT2D eigenvalue weighted by molar-refractivity contribution is 5.83. The first-order chi connectivity index (χ1) is 11.1. The molecule has 3 heteroatoms. The third kappa shape index (κ3) is 3.99. The van der Waals surface area contributed by atoms with Crippen LogP contribution in [0.25, 0.3) is 0 Å². The molecule has 120 valence electrons. The quantitative estimate of drug-likeness (QED) is 0.889. The number of hydrogen-bond donors (Lipinski definition) is 1. The Morgan fingerprint density at radius 3 is 2.30 bits per heavy atom. The van der Waals surface area contributed by atoms with E-state index in [2.05, 4.69) is 34.5 Å². The highest BCUT2D eigenvalue weighted by Gasteiger charge is 2.44. The van der Waals surface area contributed by atoms with Crippen LogP contribution in [0.15, 0.2) is 60.7 Å². The normalized spacial score (nSPS) is 21.0. The maximum absolute atomic E-state index is 12.6. The summed E-state index contributed by atoms with van der Waals surface area (Å²) in [6.45, 7) is 0.804. The second-order valence-corrected chi connectivity index (χ2v) is 6.59. The molecule has 1 N–H and O–H groups in total. The van der Waals surface area contributed by atoms with Gasteiger partial charge < -0.3 is 10.2 Å². The van der Waals surface area contributed by atoms with E-state index < -0.39 is 0 Å². The van der Waals surface area contributed by atoms with Crippen molar-refractivity contribution in [1.82, 2.24) is 10.2 Å². The van der Waals surface area contributed by atoms with Gasteiger partial charge in [0.2, 0.25) is 5.91 Å². The Balaban J connectivity index is 1.65. The van der Waals surface area contributed by atoms with Crippen LogP contribution in [0, 0.1) is 5.92 Å². The minimum absolute atomic E-state index is 0.0377. The van der Waals surface area contributed by atoms with Crippen molar-refractivity contribution >= 4 is 5.91 Å². The summed E-state index contributed by atoms with van der Waals surface area (Å²) in [5, 5.41) is 3.25. The second-order valence-electron chi connectivity index (χ2n) is 6.59. The van der Waals surface area contributed by atoms with Gasteiger partial charge in [0.05, 0.1) is 6.04 Å². The van der Waals surface area contributed by atoms with Crippen molar-refractivity contribution in [2.45, 2.75) is 18.4 Å². The summed E-state index contributed by atoms with van der Waals surface area (Å²) in [6, 6.07) is 20.6. The van der Waals surface area contributed by atoms with Gasteiger partial charge in [0.1, 0.15) is 0 Å². The summed E-state index contributed by atoms with van der Waals surface area (Å²) in [7, 11) is 4.07. The Kier molecular flexibility index (Phi) is 4.77. The molecule has 0 spiro atoms. The largest absolute Gasteiger partial charge is 0.348 e. The van der Waals surface area contributed by atoms with Crippen molar-refractivity contribution in [1.29, 1.82) is 0 Å². The van der Waals surface area contributed by atoms with E-state index in [9.17, 15) is 4.79 Å². The molecular weight excluding hydrogens is 284 g/mol. The second kappa shape index (κ2) is 6.97. The van der Waals surface area contributed by atoms with Gasteiger partial charge in [0.15, 0.2) is 0 Å². The van der Waals surface area contributed by atoms with E-state index in [1.807, 2.05) is 50.5 Å². The first kappa shape index (κ1) is 15.8. The van der Waals surface area contributed by atoms with E-state index >= 15 is 0 Å². The van der Waals surface area contributed by atoms with Crippen LogP contribution in [0.4, 0.5) is 0 Å². The molecule has 3 unspecified atom stereocenters. The number of nitrogens with zero attached hydrogens (tertiary/aromatic N) is 1. The molecule has 0 aromatic heterocycles. The van der Waals surface area contributed by atoms with Crippen molar-refractivity contribution in [3.8, 4) is 0 Å². The van der Waals surface area contributed by atoms with Gasteiger partial charge in [-0.25, -0.2) is 0 Å². The number of carbonyl (C=O) groups excluding carboxylic acids is 1. The Morgan fingerprint density at radius 2 is 1.70 bits per heavy atom. The predicted octanol–water partition coefficient (Wildman–Crippen LogP) is 3.21. The average molecular weight is 308 g/mol. The summed E-state index contributed by atoms with van der Waals surface area (Å²) in [4.78, 5) is 14.7. The van der Waals surface area contributed by atoms with Crippen LogP contribution in [0.1, 0.15) is 29.5 Å². The molecule has 3 nitrogen and oxygen atoms in total. The molecule has 1 aliphatic carbocycles. The molecular formula is C20H24N2O. The zero-order valence-corrected chi connectivity index (χ0v) is 13.8. The zero-order valence-electron chi connectivity index (χ0n) is 13.8. The molecule has 23 heavy (non-hydrogen) atoms. The molecule has 1 saturated carbocycles. The molecule has 1 amide bonds. The van der Waals surface area contributed by atoms with Crippen LogP contribution in [-0.4, -0.2) is 31.4 Å². The van der Waals surface area contributed by atoms with Gasteiger partial charge in [-0.1, -0.05) is 60.7 Å². The fourth-order valence-electron chi connectivity index (χ4n) is 3.12. The first-order valence-electron chi connectivity index (χ1n) is 8.20. The molecule has 0 heterocycles. The lowest BCUT2D eigenvalue weighted by Crippen LogP contribution is -2.36. The number of benzene rings is 2. The minimum atomic E-state index is 0.0377. The molecule has 0 saturated heterocycles. The van der Waals surface area contributed by atoms with Gasteiger partial charge in [-0.2, -0.15) is 0 Å². The zero-order chi connectivity index (χ0) is 16.2. The van der Waals surface area contributed by atoms with E-state index in [-0.39, 0.29) is 17.9 Å². The van der Waals surface area contributed by atoms with E-state index in [1.54, 1.807) is 0 Å². The van der Waals surface area contributed by atoms with Gasteiger partial charge in [-0.05, 0) is 37.6 Å². The van der Waals surface area contributed by atoms with Crippen LogP contribution in [-0.2, 0) is 4.79 Å². The van der Waals surface area contributed by atoms with E-state index in [0.717, 1.165) is 18.5 Å². The van der Waals surface area contributed by atoms with E-state index in [0.29, 0.717) is 5.92 Å². The molecule has 3 rings (SSSR count).